The Morgan fingerprint density at radius 2 is 2.29 bits per heavy atom. The SMILES string of the molecule is CCC(O)CCNC(=O)c1cc(C)n(-c2nccs2)c1C. The fourth-order valence-electron chi connectivity index (χ4n) is 2.27. The van der Waals surface area contributed by atoms with Gasteiger partial charge in [-0.3, -0.25) is 9.36 Å². The third kappa shape index (κ3) is 3.51. The number of hydrogen-bond acceptors (Lipinski definition) is 4. The van der Waals surface area contributed by atoms with Gasteiger partial charge in [-0.15, -0.1) is 11.3 Å². The molecule has 0 aromatic carbocycles. The molecule has 2 N–H and O–H groups in total. The summed E-state index contributed by atoms with van der Waals surface area (Å²) < 4.78 is 1.99. The highest BCUT2D eigenvalue weighted by molar-refractivity contribution is 7.12. The van der Waals surface area contributed by atoms with Gasteiger partial charge in [0.05, 0.1) is 11.7 Å². The van der Waals surface area contributed by atoms with Crippen LogP contribution in [0.5, 0.6) is 0 Å². The van der Waals surface area contributed by atoms with Crippen LogP contribution in [0.1, 0.15) is 41.5 Å². The molecule has 0 radical (unpaired) electrons. The van der Waals surface area contributed by atoms with Gasteiger partial charge in [-0.05, 0) is 32.8 Å². The van der Waals surface area contributed by atoms with E-state index in [1.54, 1.807) is 17.5 Å². The van der Waals surface area contributed by atoms with E-state index in [0.717, 1.165) is 16.5 Å². The van der Waals surface area contributed by atoms with Crippen molar-refractivity contribution in [1.82, 2.24) is 14.9 Å². The third-order valence-corrected chi connectivity index (χ3v) is 4.28. The van der Waals surface area contributed by atoms with Crippen LogP contribution in [0, 0.1) is 13.8 Å². The van der Waals surface area contributed by atoms with Crippen molar-refractivity contribution in [1.29, 1.82) is 0 Å². The molecule has 2 heterocycles. The minimum absolute atomic E-state index is 0.103. The van der Waals surface area contributed by atoms with Crippen LogP contribution in [-0.2, 0) is 0 Å². The van der Waals surface area contributed by atoms with E-state index in [9.17, 15) is 9.90 Å². The average molecular weight is 307 g/mol. The van der Waals surface area contributed by atoms with E-state index in [0.29, 0.717) is 24.9 Å². The number of aromatic nitrogens is 2. The lowest BCUT2D eigenvalue weighted by molar-refractivity contribution is 0.0941. The second kappa shape index (κ2) is 6.87. The van der Waals surface area contributed by atoms with Crippen molar-refractivity contribution < 1.29 is 9.90 Å². The van der Waals surface area contributed by atoms with Gasteiger partial charge in [0, 0.05) is 29.5 Å². The summed E-state index contributed by atoms with van der Waals surface area (Å²) in [4.78, 5) is 16.5. The quantitative estimate of drug-likeness (QED) is 0.861. The topological polar surface area (TPSA) is 67.2 Å². The number of aliphatic hydroxyl groups is 1. The van der Waals surface area contributed by atoms with E-state index in [2.05, 4.69) is 10.3 Å². The molecular formula is C15H21N3O2S. The van der Waals surface area contributed by atoms with E-state index >= 15 is 0 Å². The molecule has 0 aliphatic rings. The number of nitrogens with zero attached hydrogens (tertiary/aromatic N) is 2. The molecule has 0 fully saturated rings. The number of aliphatic hydroxyl groups excluding tert-OH is 1. The van der Waals surface area contributed by atoms with Gasteiger partial charge in [-0.2, -0.15) is 0 Å². The van der Waals surface area contributed by atoms with E-state index < -0.39 is 0 Å². The Labute approximate surface area is 128 Å². The van der Waals surface area contributed by atoms with Crippen molar-refractivity contribution in [3.63, 3.8) is 0 Å². The lowest BCUT2D eigenvalue weighted by atomic mass is 10.2. The number of thiazole rings is 1. The Hall–Kier alpha value is -1.66. The normalized spacial score (nSPS) is 12.4. The van der Waals surface area contributed by atoms with Crippen molar-refractivity contribution in [3.8, 4) is 5.13 Å². The number of nitrogens with one attached hydrogen (secondary N) is 1. The smallest absolute Gasteiger partial charge is 0.253 e. The predicted octanol–water partition coefficient (Wildman–Crippen LogP) is 2.44. The molecule has 0 bridgehead atoms. The van der Waals surface area contributed by atoms with Crippen LogP contribution in [0.2, 0.25) is 0 Å². The van der Waals surface area contributed by atoms with Gasteiger partial charge >= 0.3 is 0 Å². The highest BCUT2D eigenvalue weighted by atomic mass is 32.1. The summed E-state index contributed by atoms with van der Waals surface area (Å²) in [5.41, 5.74) is 2.53. The molecule has 0 spiro atoms. The minimum atomic E-state index is -0.354. The molecule has 6 heteroatoms. The summed E-state index contributed by atoms with van der Waals surface area (Å²) in [6.45, 7) is 6.29. The maximum absolute atomic E-state index is 12.2. The molecule has 0 aliphatic carbocycles. The number of rotatable bonds is 6. The molecule has 5 nitrogen and oxygen atoms in total. The third-order valence-electron chi connectivity index (χ3n) is 3.52. The number of hydrogen-bond donors (Lipinski definition) is 2. The van der Waals surface area contributed by atoms with Crippen LogP contribution in [0.4, 0.5) is 0 Å². The Kier molecular flexibility index (Phi) is 5.14. The maximum Gasteiger partial charge on any atom is 0.253 e. The predicted molar refractivity (Wildman–Crippen MR) is 84.2 cm³/mol. The molecule has 0 aliphatic heterocycles. The van der Waals surface area contributed by atoms with Gasteiger partial charge in [-0.25, -0.2) is 4.98 Å². The Morgan fingerprint density at radius 1 is 1.52 bits per heavy atom. The minimum Gasteiger partial charge on any atom is -0.393 e. The summed E-state index contributed by atoms with van der Waals surface area (Å²) >= 11 is 1.54. The first-order valence-electron chi connectivity index (χ1n) is 7.09. The van der Waals surface area contributed by atoms with Gasteiger partial charge in [0.1, 0.15) is 0 Å². The maximum atomic E-state index is 12.2. The van der Waals surface area contributed by atoms with E-state index in [1.165, 1.54) is 0 Å². The summed E-state index contributed by atoms with van der Waals surface area (Å²) in [6, 6.07) is 1.88. The van der Waals surface area contributed by atoms with Gasteiger partial charge in [-0.1, -0.05) is 6.92 Å². The second-order valence-electron chi connectivity index (χ2n) is 5.04. The average Bonchev–Trinajstić information content (AvgIpc) is 3.06. The molecule has 2 rings (SSSR count). The first kappa shape index (κ1) is 15.7. The fraction of sp³-hybridized carbons (Fsp3) is 0.467. The van der Waals surface area contributed by atoms with Crippen molar-refractivity contribution in [2.45, 2.75) is 39.7 Å². The molecule has 2 aromatic rings. The molecule has 2 aromatic heterocycles. The van der Waals surface area contributed by atoms with Gasteiger partial charge in [0.25, 0.3) is 5.91 Å². The highest BCUT2D eigenvalue weighted by Gasteiger charge is 2.17. The number of aryl methyl sites for hydroxylation is 1. The fourth-order valence-corrected chi connectivity index (χ4v) is 3.02. The summed E-state index contributed by atoms with van der Waals surface area (Å²) in [5.74, 6) is -0.103. The second-order valence-corrected chi connectivity index (χ2v) is 5.91. The summed E-state index contributed by atoms with van der Waals surface area (Å²) in [7, 11) is 0. The van der Waals surface area contributed by atoms with Crippen molar-refractivity contribution in [2.75, 3.05) is 6.54 Å². The molecule has 1 atom stereocenters. The molecule has 1 unspecified atom stereocenters. The Bertz CT molecular complexity index is 605. The zero-order chi connectivity index (χ0) is 15.4. The number of carbonyl (C=O) groups excluding carboxylic acids is 1. The largest absolute Gasteiger partial charge is 0.393 e. The summed E-state index contributed by atoms with van der Waals surface area (Å²) in [6.07, 6.45) is 2.68. The lowest BCUT2D eigenvalue weighted by Gasteiger charge is -2.09. The monoisotopic (exact) mass is 307 g/mol. The zero-order valence-corrected chi connectivity index (χ0v) is 13.4. The van der Waals surface area contributed by atoms with Gasteiger partial charge in [0.2, 0.25) is 0 Å². The van der Waals surface area contributed by atoms with Crippen LogP contribution in [0.3, 0.4) is 0 Å². The highest BCUT2D eigenvalue weighted by Crippen LogP contribution is 2.22. The van der Waals surface area contributed by atoms with Crippen LogP contribution < -0.4 is 5.32 Å². The number of amides is 1. The first-order chi connectivity index (χ1) is 10.0. The molecule has 114 valence electrons. The van der Waals surface area contributed by atoms with Crippen molar-refractivity contribution in [3.05, 3.63) is 34.6 Å². The van der Waals surface area contributed by atoms with Crippen LogP contribution in [0.25, 0.3) is 5.13 Å². The van der Waals surface area contributed by atoms with E-state index in [4.69, 9.17) is 0 Å². The molecule has 0 saturated heterocycles. The van der Waals surface area contributed by atoms with Crippen LogP contribution in [-0.4, -0.2) is 33.2 Å². The molecular weight excluding hydrogens is 286 g/mol. The Balaban J connectivity index is 2.11. The lowest BCUT2D eigenvalue weighted by Crippen LogP contribution is -2.27. The number of carbonyl (C=O) groups is 1. The summed E-state index contributed by atoms with van der Waals surface area (Å²) in [5, 5.41) is 15.2. The van der Waals surface area contributed by atoms with E-state index in [1.807, 2.05) is 36.8 Å². The molecule has 21 heavy (non-hydrogen) atoms. The van der Waals surface area contributed by atoms with Crippen LogP contribution >= 0.6 is 11.3 Å². The Morgan fingerprint density at radius 3 is 2.90 bits per heavy atom. The zero-order valence-electron chi connectivity index (χ0n) is 12.6. The van der Waals surface area contributed by atoms with Gasteiger partial charge < -0.3 is 10.4 Å². The first-order valence-corrected chi connectivity index (χ1v) is 7.97. The van der Waals surface area contributed by atoms with Crippen molar-refractivity contribution >= 4 is 17.2 Å². The molecule has 0 saturated carbocycles. The van der Waals surface area contributed by atoms with Gasteiger partial charge in [0.15, 0.2) is 5.13 Å². The van der Waals surface area contributed by atoms with Crippen molar-refractivity contribution in [2.24, 2.45) is 0 Å². The standard InChI is InChI=1S/C15H21N3O2S/c1-4-12(19)5-6-16-14(20)13-9-10(2)18(11(13)3)15-17-7-8-21-15/h7-9,12,19H,4-6H2,1-3H3,(H,16,20). The van der Waals surface area contributed by atoms with Crippen LogP contribution in [0.15, 0.2) is 17.6 Å². The molecule has 1 amide bonds. The van der Waals surface area contributed by atoms with E-state index in [-0.39, 0.29) is 12.0 Å².